The van der Waals surface area contributed by atoms with Gasteiger partial charge in [0.05, 0.1) is 6.61 Å². The molecule has 0 saturated carbocycles. The second-order valence-corrected chi connectivity index (χ2v) is 4.71. The van der Waals surface area contributed by atoms with Gasteiger partial charge in [0, 0.05) is 38.3 Å². The predicted octanol–water partition coefficient (Wildman–Crippen LogP) is 0.860. The zero-order chi connectivity index (χ0) is 13.5. The highest BCUT2D eigenvalue weighted by atomic mass is 16.5. The van der Waals surface area contributed by atoms with Gasteiger partial charge in [-0.1, -0.05) is 0 Å². The smallest absolute Gasteiger partial charge is 0.221 e. The fraction of sp³-hybridized carbons (Fsp3) is 0.500. The minimum atomic E-state index is 0.153. The Morgan fingerprint density at radius 2 is 2.05 bits per heavy atom. The molecule has 0 radical (unpaired) electrons. The summed E-state index contributed by atoms with van der Waals surface area (Å²) in [6.07, 6.45) is 1.55. The average molecular weight is 263 g/mol. The normalized spacial score (nSPS) is 16.7. The van der Waals surface area contributed by atoms with Gasteiger partial charge >= 0.3 is 0 Å². The highest BCUT2D eigenvalue weighted by Crippen LogP contribution is 2.13. The van der Waals surface area contributed by atoms with Crippen LogP contribution in [0.3, 0.4) is 0 Å². The maximum Gasteiger partial charge on any atom is 0.221 e. The summed E-state index contributed by atoms with van der Waals surface area (Å²) in [5, 5.41) is 2.87. The van der Waals surface area contributed by atoms with Crippen LogP contribution < -0.4 is 15.8 Å². The number of nitrogens with zero attached hydrogens (tertiary/aromatic N) is 1. The van der Waals surface area contributed by atoms with E-state index in [0.717, 1.165) is 44.0 Å². The van der Waals surface area contributed by atoms with Crippen molar-refractivity contribution in [3.8, 4) is 5.75 Å². The molecule has 0 atom stereocenters. The van der Waals surface area contributed by atoms with Crippen molar-refractivity contribution >= 4 is 11.6 Å². The molecule has 1 aromatic carbocycles. The Balaban J connectivity index is 1.63. The summed E-state index contributed by atoms with van der Waals surface area (Å²) in [4.78, 5) is 13.5. The largest absolute Gasteiger partial charge is 0.494 e. The zero-order valence-corrected chi connectivity index (χ0v) is 11.1. The lowest BCUT2D eigenvalue weighted by molar-refractivity contribution is -0.120. The van der Waals surface area contributed by atoms with E-state index in [-0.39, 0.29) is 5.91 Å². The summed E-state index contributed by atoms with van der Waals surface area (Å²) in [6.45, 7) is 4.16. The summed E-state index contributed by atoms with van der Waals surface area (Å²) in [6, 6.07) is 7.43. The van der Waals surface area contributed by atoms with E-state index >= 15 is 0 Å². The first-order valence-corrected chi connectivity index (χ1v) is 6.71. The average Bonchev–Trinajstić information content (AvgIpc) is 2.62. The molecule has 2 rings (SSSR count). The molecule has 1 amide bonds. The van der Waals surface area contributed by atoms with Crippen LogP contribution in [0.15, 0.2) is 24.3 Å². The molecule has 0 aromatic heterocycles. The molecular weight excluding hydrogens is 242 g/mol. The van der Waals surface area contributed by atoms with Crippen molar-refractivity contribution in [1.29, 1.82) is 0 Å². The van der Waals surface area contributed by atoms with Crippen LogP contribution in [0.25, 0.3) is 0 Å². The molecule has 19 heavy (non-hydrogen) atoms. The van der Waals surface area contributed by atoms with Gasteiger partial charge in [0.15, 0.2) is 0 Å². The summed E-state index contributed by atoms with van der Waals surface area (Å²) < 4.78 is 5.64. The number of carbonyl (C=O) groups is 1. The lowest BCUT2D eigenvalue weighted by Gasteiger charge is -2.18. The van der Waals surface area contributed by atoms with Crippen LogP contribution in [0.4, 0.5) is 5.69 Å². The predicted molar refractivity (Wildman–Crippen MR) is 75.0 cm³/mol. The van der Waals surface area contributed by atoms with E-state index < -0.39 is 0 Å². The lowest BCUT2D eigenvalue weighted by atomic mass is 10.3. The van der Waals surface area contributed by atoms with Gasteiger partial charge in [0.2, 0.25) is 5.91 Å². The quantitative estimate of drug-likeness (QED) is 0.611. The van der Waals surface area contributed by atoms with Crippen molar-refractivity contribution in [1.82, 2.24) is 10.2 Å². The van der Waals surface area contributed by atoms with Crippen LogP contribution in [0.5, 0.6) is 5.75 Å². The molecule has 0 aliphatic carbocycles. The Kier molecular flexibility index (Phi) is 5.03. The molecule has 104 valence electrons. The summed E-state index contributed by atoms with van der Waals surface area (Å²) in [5.41, 5.74) is 6.35. The maximum absolute atomic E-state index is 11.2. The van der Waals surface area contributed by atoms with Crippen LogP contribution in [-0.4, -0.2) is 43.6 Å². The number of carbonyl (C=O) groups excluding carboxylic acids is 1. The zero-order valence-electron chi connectivity index (χ0n) is 11.1. The third-order valence-corrected chi connectivity index (χ3v) is 3.17. The summed E-state index contributed by atoms with van der Waals surface area (Å²) >= 11 is 0. The number of nitrogens with two attached hydrogens (primary N) is 1. The SMILES string of the molecule is Nc1ccc(OCCCN2CCNC(=O)CC2)cc1. The first-order chi connectivity index (χ1) is 9.24. The molecule has 1 heterocycles. The van der Waals surface area contributed by atoms with E-state index in [0.29, 0.717) is 13.0 Å². The van der Waals surface area contributed by atoms with E-state index in [1.807, 2.05) is 24.3 Å². The number of hydrogen-bond acceptors (Lipinski definition) is 4. The van der Waals surface area contributed by atoms with Crippen molar-refractivity contribution in [3.63, 3.8) is 0 Å². The van der Waals surface area contributed by atoms with Gasteiger partial charge in [-0.25, -0.2) is 0 Å². The van der Waals surface area contributed by atoms with Gasteiger partial charge in [0.25, 0.3) is 0 Å². The van der Waals surface area contributed by atoms with E-state index in [2.05, 4.69) is 10.2 Å². The second kappa shape index (κ2) is 6.99. The number of nitrogens with one attached hydrogen (secondary N) is 1. The first kappa shape index (κ1) is 13.7. The van der Waals surface area contributed by atoms with Crippen LogP contribution in [0, 0.1) is 0 Å². The van der Waals surface area contributed by atoms with Crippen molar-refractivity contribution in [2.45, 2.75) is 12.8 Å². The lowest BCUT2D eigenvalue weighted by Crippen LogP contribution is -2.30. The maximum atomic E-state index is 11.2. The van der Waals surface area contributed by atoms with E-state index in [1.165, 1.54) is 0 Å². The molecule has 1 aliphatic rings. The van der Waals surface area contributed by atoms with Gasteiger partial charge in [0.1, 0.15) is 5.75 Å². The molecule has 0 spiro atoms. The minimum Gasteiger partial charge on any atom is -0.494 e. The topological polar surface area (TPSA) is 67.6 Å². The molecule has 1 fully saturated rings. The van der Waals surface area contributed by atoms with Crippen molar-refractivity contribution in [3.05, 3.63) is 24.3 Å². The van der Waals surface area contributed by atoms with Crippen LogP contribution in [0.2, 0.25) is 0 Å². The summed E-state index contributed by atoms with van der Waals surface area (Å²) in [7, 11) is 0. The Bertz CT molecular complexity index is 406. The molecule has 0 bridgehead atoms. The van der Waals surface area contributed by atoms with Crippen molar-refractivity contribution < 1.29 is 9.53 Å². The van der Waals surface area contributed by atoms with Gasteiger partial charge in [-0.2, -0.15) is 0 Å². The van der Waals surface area contributed by atoms with Gasteiger partial charge in [-0.3, -0.25) is 4.79 Å². The number of hydrogen-bond donors (Lipinski definition) is 2. The van der Waals surface area contributed by atoms with E-state index in [9.17, 15) is 4.79 Å². The molecule has 1 aliphatic heterocycles. The fourth-order valence-electron chi connectivity index (χ4n) is 2.08. The van der Waals surface area contributed by atoms with Gasteiger partial charge in [-0.15, -0.1) is 0 Å². The van der Waals surface area contributed by atoms with Gasteiger partial charge < -0.3 is 20.7 Å². The van der Waals surface area contributed by atoms with E-state index in [4.69, 9.17) is 10.5 Å². The standard InChI is InChI=1S/C14H21N3O2/c15-12-2-4-13(5-3-12)19-11-1-8-17-9-6-14(18)16-7-10-17/h2-5H,1,6-11,15H2,(H,16,18). The first-order valence-electron chi connectivity index (χ1n) is 6.71. The number of amides is 1. The van der Waals surface area contributed by atoms with Crippen molar-refractivity contribution in [2.75, 3.05) is 38.5 Å². The van der Waals surface area contributed by atoms with Crippen LogP contribution in [0.1, 0.15) is 12.8 Å². The minimum absolute atomic E-state index is 0.153. The monoisotopic (exact) mass is 263 g/mol. The number of anilines is 1. The van der Waals surface area contributed by atoms with Crippen LogP contribution in [-0.2, 0) is 4.79 Å². The highest BCUT2D eigenvalue weighted by molar-refractivity contribution is 5.76. The molecule has 0 unspecified atom stereocenters. The summed E-state index contributed by atoms with van der Waals surface area (Å²) in [5.74, 6) is 1.00. The number of ether oxygens (including phenoxy) is 1. The molecule has 5 heteroatoms. The number of benzene rings is 1. The Hall–Kier alpha value is -1.75. The Morgan fingerprint density at radius 1 is 1.26 bits per heavy atom. The second-order valence-electron chi connectivity index (χ2n) is 4.71. The Morgan fingerprint density at radius 3 is 2.84 bits per heavy atom. The van der Waals surface area contributed by atoms with E-state index in [1.54, 1.807) is 0 Å². The molecular formula is C14H21N3O2. The molecule has 1 aromatic rings. The van der Waals surface area contributed by atoms with Crippen molar-refractivity contribution in [2.24, 2.45) is 0 Å². The Labute approximate surface area is 113 Å². The van der Waals surface area contributed by atoms with Crippen LogP contribution >= 0.6 is 0 Å². The third-order valence-electron chi connectivity index (χ3n) is 3.17. The number of nitrogen functional groups attached to an aromatic ring is 1. The third kappa shape index (κ3) is 4.79. The number of rotatable bonds is 5. The fourth-order valence-corrected chi connectivity index (χ4v) is 2.08. The highest BCUT2D eigenvalue weighted by Gasteiger charge is 2.12. The van der Waals surface area contributed by atoms with Gasteiger partial charge in [-0.05, 0) is 30.7 Å². The molecule has 3 N–H and O–H groups in total. The molecule has 5 nitrogen and oxygen atoms in total. The molecule has 1 saturated heterocycles.